The molecule has 2 aromatic rings. The van der Waals surface area contributed by atoms with Crippen LogP contribution >= 0.6 is 0 Å². The lowest BCUT2D eigenvalue weighted by atomic mass is 10.1. The predicted molar refractivity (Wildman–Crippen MR) is 91.2 cm³/mol. The first kappa shape index (κ1) is 17.2. The molecule has 2 rings (SSSR count). The van der Waals surface area contributed by atoms with E-state index in [-0.39, 0.29) is 35.1 Å². The van der Waals surface area contributed by atoms with Crippen LogP contribution in [0.15, 0.2) is 42.5 Å². The summed E-state index contributed by atoms with van der Waals surface area (Å²) in [7, 11) is 0. The number of nitrogens with one attached hydrogen (secondary N) is 2. The Hall–Kier alpha value is -3.15. The Morgan fingerprint density at radius 2 is 1.67 bits per heavy atom. The summed E-state index contributed by atoms with van der Waals surface area (Å²) in [6, 6.07) is 11.4. The highest BCUT2D eigenvalue weighted by Gasteiger charge is 2.13. The van der Waals surface area contributed by atoms with Crippen molar-refractivity contribution in [3.8, 4) is 5.75 Å². The van der Waals surface area contributed by atoms with Crippen molar-refractivity contribution in [3.63, 3.8) is 0 Å². The Morgan fingerprint density at radius 3 is 2.29 bits per heavy atom. The Balaban J connectivity index is 2.14. The second kappa shape index (κ2) is 7.41. The van der Waals surface area contributed by atoms with Crippen LogP contribution in [0.1, 0.15) is 29.3 Å². The molecule has 0 aliphatic heterocycles. The van der Waals surface area contributed by atoms with Crippen molar-refractivity contribution >= 4 is 29.0 Å². The first-order valence-corrected chi connectivity index (χ1v) is 7.35. The Morgan fingerprint density at radius 1 is 1.00 bits per heavy atom. The van der Waals surface area contributed by atoms with Crippen LogP contribution in [0.4, 0.5) is 11.4 Å². The standard InChI is InChI=1S/C18H18N2O4/c1-11-3-6-14(7-4-11)19-18(24)13-5-8-16(22)15(10-13)20-17(23)9-12(2)21/h3-8,10,22H,9H2,1-2H3,(H,19,24)(H,20,23). The summed E-state index contributed by atoms with van der Waals surface area (Å²) < 4.78 is 0. The quantitative estimate of drug-likeness (QED) is 0.581. The normalized spacial score (nSPS) is 10.1. The fraction of sp³-hybridized carbons (Fsp3) is 0.167. The minimum absolute atomic E-state index is 0.0813. The lowest BCUT2D eigenvalue weighted by Crippen LogP contribution is -2.16. The van der Waals surface area contributed by atoms with E-state index in [1.807, 2.05) is 19.1 Å². The van der Waals surface area contributed by atoms with E-state index >= 15 is 0 Å². The molecule has 0 radical (unpaired) electrons. The maximum atomic E-state index is 12.3. The molecule has 0 aliphatic carbocycles. The zero-order valence-corrected chi connectivity index (χ0v) is 13.4. The summed E-state index contributed by atoms with van der Waals surface area (Å²) in [5.74, 6) is -1.39. The average molecular weight is 326 g/mol. The van der Waals surface area contributed by atoms with Crippen molar-refractivity contribution in [3.05, 3.63) is 53.6 Å². The highest BCUT2D eigenvalue weighted by atomic mass is 16.3. The molecule has 2 aromatic carbocycles. The number of aryl methyl sites for hydroxylation is 1. The molecule has 2 amide bonds. The number of hydrogen-bond acceptors (Lipinski definition) is 4. The fourth-order valence-electron chi connectivity index (χ4n) is 2.04. The van der Waals surface area contributed by atoms with Gasteiger partial charge in [0.05, 0.1) is 12.1 Å². The first-order chi connectivity index (χ1) is 11.3. The third kappa shape index (κ3) is 4.67. The molecule has 3 N–H and O–H groups in total. The molecular formula is C18H18N2O4. The number of anilines is 2. The summed E-state index contributed by atoms with van der Waals surface area (Å²) in [5.41, 5.74) is 2.07. The number of phenols is 1. The van der Waals surface area contributed by atoms with E-state index in [1.165, 1.54) is 25.1 Å². The van der Waals surface area contributed by atoms with Crippen molar-refractivity contribution < 1.29 is 19.5 Å². The molecule has 0 saturated carbocycles. The van der Waals surface area contributed by atoms with Crippen LogP contribution in [0.2, 0.25) is 0 Å². The van der Waals surface area contributed by atoms with Gasteiger partial charge >= 0.3 is 0 Å². The number of carbonyl (C=O) groups excluding carboxylic acids is 3. The van der Waals surface area contributed by atoms with Crippen LogP contribution in [0, 0.1) is 6.92 Å². The van der Waals surface area contributed by atoms with Crippen LogP contribution in [0.5, 0.6) is 5.75 Å². The van der Waals surface area contributed by atoms with Gasteiger partial charge in [-0.25, -0.2) is 0 Å². The zero-order valence-electron chi connectivity index (χ0n) is 13.4. The summed E-state index contributed by atoms with van der Waals surface area (Å²) >= 11 is 0. The van der Waals surface area contributed by atoms with Crippen molar-refractivity contribution in [2.75, 3.05) is 10.6 Å². The minimum atomic E-state index is -0.547. The average Bonchev–Trinajstić information content (AvgIpc) is 2.51. The van der Waals surface area contributed by atoms with E-state index in [0.717, 1.165) is 5.56 Å². The van der Waals surface area contributed by atoms with Gasteiger partial charge in [-0.05, 0) is 44.2 Å². The number of hydrogen-bond donors (Lipinski definition) is 3. The number of aromatic hydroxyl groups is 1. The van der Waals surface area contributed by atoms with Crippen LogP contribution < -0.4 is 10.6 Å². The SMILES string of the molecule is CC(=O)CC(=O)Nc1cc(C(=O)Nc2ccc(C)cc2)ccc1O. The zero-order chi connectivity index (χ0) is 17.7. The molecule has 24 heavy (non-hydrogen) atoms. The largest absolute Gasteiger partial charge is 0.506 e. The molecule has 0 fully saturated rings. The second-order valence-corrected chi connectivity index (χ2v) is 5.48. The second-order valence-electron chi connectivity index (χ2n) is 5.48. The molecule has 6 nitrogen and oxygen atoms in total. The van der Waals surface area contributed by atoms with Gasteiger partial charge in [-0.15, -0.1) is 0 Å². The van der Waals surface area contributed by atoms with Gasteiger partial charge in [0, 0.05) is 11.3 Å². The molecule has 0 saturated heterocycles. The highest BCUT2D eigenvalue weighted by Crippen LogP contribution is 2.25. The smallest absolute Gasteiger partial charge is 0.255 e. The van der Waals surface area contributed by atoms with Gasteiger partial charge in [0.1, 0.15) is 11.5 Å². The van der Waals surface area contributed by atoms with Gasteiger partial charge in [-0.3, -0.25) is 14.4 Å². The Kier molecular flexibility index (Phi) is 5.31. The van der Waals surface area contributed by atoms with Crippen molar-refractivity contribution in [2.45, 2.75) is 20.3 Å². The van der Waals surface area contributed by atoms with E-state index in [0.29, 0.717) is 5.69 Å². The van der Waals surface area contributed by atoms with Crippen LogP contribution in [-0.4, -0.2) is 22.7 Å². The van der Waals surface area contributed by atoms with E-state index in [2.05, 4.69) is 10.6 Å². The van der Waals surface area contributed by atoms with E-state index in [9.17, 15) is 19.5 Å². The number of amides is 2. The fourth-order valence-corrected chi connectivity index (χ4v) is 2.04. The van der Waals surface area contributed by atoms with E-state index in [1.54, 1.807) is 12.1 Å². The maximum Gasteiger partial charge on any atom is 0.255 e. The Labute approximate surface area is 139 Å². The topological polar surface area (TPSA) is 95.5 Å². The molecular weight excluding hydrogens is 308 g/mol. The summed E-state index contributed by atoms with van der Waals surface area (Å²) in [6.07, 6.45) is -0.292. The van der Waals surface area contributed by atoms with E-state index in [4.69, 9.17) is 0 Å². The third-order valence-corrected chi connectivity index (χ3v) is 3.25. The highest BCUT2D eigenvalue weighted by molar-refractivity contribution is 6.07. The lowest BCUT2D eigenvalue weighted by Gasteiger charge is -2.10. The van der Waals surface area contributed by atoms with Gasteiger partial charge in [0.15, 0.2) is 0 Å². The molecule has 0 bridgehead atoms. The van der Waals surface area contributed by atoms with Gasteiger partial charge in [-0.1, -0.05) is 17.7 Å². The molecule has 0 heterocycles. The van der Waals surface area contributed by atoms with Crippen LogP contribution in [0.25, 0.3) is 0 Å². The minimum Gasteiger partial charge on any atom is -0.506 e. The monoisotopic (exact) mass is 326 g/mol. The maximum absolute atomic E-state index is 12.3. The summed E-state index contributed by atoms with van der Waals surface area (Å²) in [4.78, 5) is 34.8. The van der Waals surface area contributed by atoms with Gasteiger partial charge < -0.3 is 15.7 Å². The molecule has 6 heteroatoms. The number of phenolic OH excluding ortho intramolecular Hbond substituents is 1. The van der Waals surface area contributed by atoms with Gasteiger partial charge in [0.25, 0.3) is 5.91 Å². The number of ketones is 1. The number of rotatable bonds is 5. The van der Waals surface area contributed by atoms with E-state index < -0.39 is 5.91 Å². The molecule has 124 valence electrons. The van der Waals surface area contributed by atoms with Crippen LogP contribution in [0.3, 0.4) is 0 Å². The molecule has 0 atom stereocenters. The van der Waals surface area contributed by atoms with Gasteiger partial charge in [0.2, 0.25) is 5.91 Å². The molecule has 0 aliphatic rings. The van der Waals surface area contributed by atoms with Crippen molar-refractivity contribution in [1.82, 2.24) is 0 Å². The molecule has 0 unspecified atom stereocenters. The lowest BCUT2D eigenvalue weighted by molar-refractivity contribution is -0.124. The number of carbonyl (C=O) groups is 3. The number of benzene rings is 2. The summed E-state index contributed by atoms with van der Waals surface area (Å²) in [5, 5.41) is 14.9. The molecule has 0 aromatic heterocycles. The van der Waals surface area contributed by atoms with Crippen LogP contribution in [-0.2, 0) is 9.59 Å². The molecule has 0 spiro atoms. The number of Topliss-reactive ketones (excluding diaryl/α,β-unsaturated/α-hetero) is 1. The third-order valence-electron chi connectivity index (χ3n) is 3.25. The summed E-state index contributed by atoms with van der Waals surface area (Å²) in [6.45, 7) is 3.24. The van der Waals surface area contributed by atoms with Crippen molar-refractivity contribution in [2.24, 2.45) is 0 Å². The predicted octanol–water partition coefficient (Wildman–Crippen LogP) is 2.87. The van der Waals surface area contributed by atoms with Gasteiger partial charge in [-0.2, -0.15) is 0 Å². The Bertz CT molecular complexity index is 782. The first-order valence-electron chi connectivity index (χ1n) is 7.35. The van der Waals surface area contributed by atoms with Crippen molar-refractivity contribution in [1.29, 1.82) is 0 Å².